The van der Waals surface area contributed by atoms with Crippen LogP contribution in [0.25, 0.3) is 0 Å². The lowest BCUT2D eigenvalue weighted by atomic mass is 9.80. The molecule has 8 heteroatoms. The van der Waals surface area contributed by atoms with E-state index >= 15 is 0 Å². The number of esters is 1. The highest BCUT2D eigenvalue weighted by Crippen LogP contribution is 2.56. The van der Waals surface area contributed by atoms with Gasteiger partial charge < -0.3 is 10.1 Å². The van der Waals surface area contributed by atoms with Crippen molar-refractivity contribution in [3.63, 3.8) is 0 Å². The largest absolute Gasteiger partial charge is 0.468 e. The van der Waals surface area contributed by atoms with Crippen molar-refractivity contribution < 1.29 is 19.1 Å². The molecule has 0 aliphatic carbocycles. The second-order valence-corrected chi connectivity index (χ2v) is 7.11. The van der Waals surface area contributed by atoms with Crippen LogP contribution in [0.2, 0.25) is 0 Å². The molecule has 0 spiro atoms. The fourth-order valence-corrected chi connectivity index (χ4v) is 4.66. The fraction of sp³-hybridized carbons (Fsp3) is 0.286. The summed E-state index contributed by atoms with van der Waals surface area (Å²) in [5, 5.41) is 3.02. The molecule has 0 aromatic heterocycles. The van der Waals surface area contributed by atoms with Crippen molar-refractivity contribution in [1.82, 2.24) is 20.0 Å². The fourth-order valence-electron chi connectivity index (χ4n) is 4.66. The van der Waals surface area contributed by atoms with Gasteiger partial charge in [-0.25, -0.2) is 9.59 Å². The molecular weight excluding hydrogens is 372 g/mol. The van der Waals surface area contributed by atoms with E-state index in [2.05, 4.69) is 5.32 Å². The number of amides is 4. The van der Waals surface area contributed by atoms with Crippen LogP contribution in [0.1, 0.15) is 11.1 Å². The summed E-state index contributed by atoms with van der Waals surface area (Å²) in [5.41, 5.74) is -1.12. The minimum Gasteiger partial charge on any atom is -0.468 e. The number of urea groups is 2. The van der Waals surface area contributed by atoms with E-state index < -0.39 is 23.3 Å². The van der Waals surface area contributed by atoms with Crippen LogP contribution in [-0.2, 0) is 20.9 Å². The molecule has 0 bridgehead atoms. The predicted molar refractivity (Wildman–Crippen MR) is 104 cm³/mol. The number of nitrogens with one attached hydrogen (secondary N) is 1. The van der Waals surface area contributed by atoms with Gasteiger partial charge in [-0.2, -0.15) is 0 Å². The summed E-state index contributed by atoms with van der Waals surface area (Å²) in [6, 6.07) is 17.8. The zero-order valence-electron chi connectivity index (χ0n) is 16.5. The van der Waals surface area contributed by atoms with E-state index in [9.17, 15) is 14.4 Å². The summed E-state index contributed by atoms with van der Waals surface area (Å²) in [5.74, 6) is -0.574. The molecule has 2 saturated heterocycles. The van der Waals surface area contributed by atoms with Crippen LogP contribution in [0.5, 0.6) is 0 Å². The van der Waals surface area contributed by atoms with Gasteiger partial charge in [-0.05, 0) is 0 Å². The van der Waals surface area contributed by atoms with Gasteiger partial charge in [0, 0.05) is 25.2 Å². The van der Waals surface area contributed by atoms with E-state index in [1.807, 2.05) is 60.7 Å². The molecule has 2 fully saturated rings. The number of hydrogen-bond acceptors (Lipinski definition) is 4. The highest BCUT2D eigenvalue weighted by molar-refractivity contribution is 5.91. The van der Waals surface area contributed by atoms with Gasteiger partial charge in [0.25, 0.3) is 0 Å². The quantitative estimate of drug-likeness (QED) is 0.803. The van der Waals surface area contributed by atoms with E-state index in [0.717, 1.165) is 5.56 Å². The molecule has 1 N–H and O–H groups in total. The van der Waals surface area contributed by atoms with Crippen molar-refractivity contribution in [3.8, 4) is 0 Å². The molecular formula is C21H22N4O4. The first-order valence-corrected chi connectivity index (χ1v) is 9.20. The molecule has 4 amide bonds. The number of likely N-dealkylation sites (N-methyl/N-ethyl adjacent to an activating group) is 2. The third-order valence-corrected chi connectivity index (χ3v) is 5.87. The van der Waals surface area contributed by atoms with Gasteiger partial charge in [0.2, 0.25) is 0 Å². The third-order valence-electron chi connectivity index (χ3n) is 5.87. The molecule has 4 rings (SSSR count). The van der Waals surface area contributed by atoms with Gasteiger partial charge in [-0.15, -0.1) is 0 Å². The van der Waals surface area contributed by atoms with Gasteiger partial charge in [-0.3, -0.25) is 19.5 Å². The summed E-state index contributed by atoms with van der Waals surface area (Å²) >= 11 is 0. The van der Waals surface area contributed by atoms with Gasteiger partial charge in [0.1, 0.15) is 6.54 Å². The highest BCUT2D eigenvalue weighted by atomic mass is 16.5. The Labute approximate surface area is 168 Å². The summed E-state index contributed by atoms with van der Waals surface area (Å²) in [6.45, 7) is -0.308. The molecule has 29 heavy (non-hydrogen) atoms. The molecule has 2 aromatic carbocycles. The zero-order chi connectivity index (χ0) is 20.8. The topological polar surface area (TPSA) is 82.2 Å². The lowest BCUT2D eigenvalue weighted by Crippen LogP contribution is -2.62. The summed E-state index contributed by atoms with van der Waals surface area (Å²) < 4.78 is 4.84. The number of fused-ring (bicyclic) bond motifs is 1. The van der Waals surface area contributed by atoms with Crippen LogP contribution >= 0.6 is 0 Å². The number of ether oxygens (including phenoxy) is 1. The van der Waals surface area contributed by atoms with Gasteiger partial charge in [0.15, 0.2) is 11.3 Å². The van der Waals surface area contributed by atoms with Crippen molar-refractivity contribution >= 4 is 18.0 Å². The Morgan fingerprint density at radius 2 is 1.48 bits per heavy atom. The molecule has 2 heterocycles. The van der Waals surface area contributed by atoms with Gasteiger partial charge >= 0.3 is 18.0 Å². The molecule has 8 nitrogen and oxygen atoms in total. The van der Waals surface area contributed by atoms with Gasteiger partial charge in [-0.1, -0.05) is 60.7 Å². The van der Waals surface area contributed by atoms with Crippen LogP contribution in [0.15, 0.2) is 60.7 Å². The lowest BCUT2D eigenvalue weighted by Gasteiger charge is -2.46. The molecule has 2 atom stereocenters. The van der Waals surface area contributed by atoms with E-state index in [1.54, 1.807) is 14.1 Å². The third kappa shape index (κ3) is 2.22. The molecule has 2 aliphatic heterocycles. The van der Waals surface area contributed by atoms with Crippen molar-refractivity contribution in [2.24, 2.45) is 0 Å². The smallest absolute Gasteiger partial charge is 0.325 e. The van der Waals surface area contributed by atoms with Crippen LogP contribution in [-0.4, -0.2) is 60.5 Å². The first-order valence-electron chi connectivity index (χ1n) is 9.20. The summed E-state index contributed by atoms with van der Waals surface area (Å²) in [7, 11) is 4.56. The Morgan fingerprint density at radius 1 is 0.931 bits per heavy atom. The number of nitrogens with zero attached hydrogens (tertiary/aromatic N) is 3. The Bertz CT molecular complexity index is 967. The normalized spacial score (nSPS) is 25.8. The lowest BCUT2D eigenvalue weighted by molar-refractivity contribution is -0.144. The minimum atomic E-state index is -1.30. The number of carbonyl (C=O) groups is 3. The Balaban J connectivity index is 2.07. The second-order valence-electron chi connectivity index (χ2n) is 7.11. The number of hydrogen-bond donors (Lipinski definition) is 1. The molecule has 0 unspecified atom stereocenters. The number of benzene rings is 2. The molecule has 0 radical (unpaired) electrons. The SMILES string of the molecule is COC(=O)CN1C(=O)N[C@]2(c3ccccc3)N(C)C(=O)N(C)[C@@]12c1ccccc1. The Kier molecular flexibility index (Phi) is 4.22. The Morgan fingerprint density at radius 3 is 2.03 bits per heavy atom. The van der Waals surface area contributed by atoms with Crippen LogP contribution in [0, 0.1) is 0 Å². The van der Waals surface area contributed by atoms with E-state index in [4.69, 9.17) is 4.74 Å². The number of rotatable bonds is 4. The maximum Gasteiger partial charge on any atom is 0.325 e. The van der Waals surface area contributed by atoms with Crippen LogP contribution in [0.3, 0.4) is 0 Å². The zero-order valence-corrected chi connectivity index (χ0v) is 16.5. The number of carbonyl (C=O) groups excluding carboxylic acids is 3. The molecule has 2 aromatic rings. The van der Waals surface area contributed by atoms with Crippen molar-refractivity contribution in [1.29, 1.82) is 0 Å². The summed E-state index contributed by atoms with van der Waals surface area (Å²) in [4.78, 5) is 43.1. The second kappa shape index (κ2) is 6.51. The first-order chi connectivity index (χ1) is 13.9. The van der Waals surface area contributed by atoms with E-state index in [-0.39, 0.29) is 12.6 Å². The summed E-state index contributed by atoms with van der Waals surface area (Å²) in [6.07, 6.45) is 0. The van der Waals surface area contributed by atoms with Crippen LogP contribution in [0.4, 0.5) is 9.59 Å². The minimum absolute atomic E-state index is 0.285. The molecule has 0 saturated carbocycles. The standard InChI is InChI=1S/C21H22N4O4/c1-23-19(28)24(2)21(16-12-8-5-9-13-16)20(23,15-10-6-4-7-11-15)22-18(27)25(21)14-17(26)29-3/h4-13H,14H2,1-3H3,(H,22,27)/t20-,21+/m1/s1. The average molecular weight is 394 g/mol. The van der Waals surface area contributed by atoms with Crippen molar-refractivity contribution in [2.45, 2.75) is 11.3 Å². The monoisotopic (exact) mass is 394 g/mol. The van der Waals surface area contributed by atoms with Crippen molar-refractivity contribution in [3.05, 3.63) is 71.8 Å². The maximum absolute atomic E-state index is 13.2. The van der Waals surface area contributed by atoms with Crippen molar-refractivity contribution in [2.75, 3.05) is 27.7 Å². The molecule has 2 aliphatic rings. The van der Waals surface area contributed by atoms with E-state index in [0.29, 0.717) is 5.56 Å². The average Bonchev–Trinajstić information content (AvgIpc) is 3.11. The maximum atomic E-state index is 13.2. The van der Waals surface area contributed by atoms with Crippen LogP contribution < -0.4 is 5.32 Å². The van der Waals surface area contributed by atoms with E-state index in [1.165, 1.54) is 21.8 Å². The first kappa shape index (κ1) is 18.8. The number of methoxy groups -OCH3 is 1. The highest BCUT2D eigenvalue weighted by Gasteiger charge is 2.75. The molecule has 150 valence electrons. The van der Waals surface area contributed by atoms with Gasteiger partial charge in [0.05, 0.1) is 7.11 Å². The Hall–Kier alpha value is -3.55. The predicted octanol–water partition coefficient (Wildman–Crippen LogP) is 1.89.